The summed E-state index contributed by atoms with van der Waals surface area (Å²) in [7, 11) is 1.57. The van der Waals surface area contributed by atoms with Gasteiger partial charge < -0.3 is 15.2 Å². The minimum atomic E-state index is -0.315. The molecule has 0 bridgehead atoms. The fourth-order valence-corrected chi connectivity index (χ4v) is 1.48. The summed E-state index contributed by atoms with van der Waals surface area (Å²) in [6, 6.07) is 0. The van der Waals surface area contributed by atoms with Crippen molar-refractivity contribution in [3.8, 4) is 0 Å². The van der Waals surface area contributed by atoms with Crippen LogP contribution in [0.5, 0.6) is 0 Å². The lowest BCUT2D eigenvalue weighted by molar-refractivity contribution is -0.125. The number of amides is 1. The Labute approximate surface area is 78.3 Å². The summed E-state index contributed by atoms with van der Waals surface area (Å²) in [5.41, 5.74) is -0.315. The molecule has 0 saturated heterocycles. The molecule has 0 aliphatic heterocycles. The molecule has 1 aliphatic rings. The second-order valence-electron chi connectivity index (χ2n) is 3.58. The van der Waals surface area contributed by atoms with Crippen molar-refractivity contribution in [3.05, 3.63) is 0 Å². The van der Waals surface area contributed by atoms with Crippen molar-refractivity contribution in [2.45, 2.75) is 31.2 Å². The molecule has 0 unspecified atom stereocenters. The molecule has 4 nitrogen and oxygen atoms in total. The maximum Gasteiger partial charge on any atom is 0.222 e. The van der Waals surface area contributed by atoms with Crippen molar-refractivity contribution in [1.82, 2.24) is 5.32 Å². The van der Waals surface area contributed by atoms with Crippen molar-refractivity contribution in [1.29, 1.82) is 0 Å². The lowest BCUT2D eigenvalue weighted by atomic mass is 9.77. The first-order valence-corrected chi connectivity index (χ1v) is 4.63. The molecular formula is C9H17NO3. The molecule has 0 radical (unpaired) electrons. The van der Waals surface area contributed by atoms with Crippen LogP contribution in [0.1, 0.15) is 25.7 Å². The molecule has 0 aromatic rings. The zero-order valence-corrected chi connectivity index (χ0v) is 8.01. The summed E-state index contributed by atoms with van der Waals surface area (Å²) in [4.78, 5) is 11.3. The van der Waals surface area contributed by atoms with E-state index >= 15 is 0 Å². The van der Waals surface area contributed by atoms with Crippen LogP contribution in [-0.2, 0) is 9.53 Å². The summed E-state index contributed by atoms with van der Waals surface area (Å²) in [5.74, 6) is -0.0319. The van der Waals surface area contributed by atoms with E-state index in [0.717, 1.165) is 19.3 Å². The first-order chi connectivity index (χ1) is 6.22. The highest BCUT2D eigenvalue weighted by Crippen LogP contribution is 2.31. The van der Waals surface area contributed by atoms with Gasteiger partial charge in [0.25, 0.3) is 0 Å². The molecular weight excluding hydrogens is 170 g/mol. The number of rotatable bonds is 5. The van der Waals surface area contributed by atoms with Crippen molar-refractivity contribution in [2.75, 3.05) is 20.3 Å². The van der Waals surface area contributed by atoms with Crippen molar-refractivity contribution >= 4 is 5.91 Å². The number of aliphatic hydroxyl groups is 1. The van der Waals surface area contributed by atoms with Crippen LogP contribution in [0.25, 0.3) is 0 Å². The van der Waals surface area contributed by atoms with Gasteiger partial charge in [0.15, 0.2) is 0 Å². The molecule has 2 N–H and O–H groups in total. The highest BCUT2D eigenvalue weighted by Gasteiger charge is 2.37. The van der Waals surface area contributed by atoms with E-state index < -0.39 is 0 Å². The number of hydrogen-bond donors (Lipinski definition) is 2. The fraction of sp³-hybridized carbons (Fsp3) is 0.889. The molecule has 0 heterocycles. The normalized spacial score (nSPS) is 19.2. The molecule has 1 amide bonds. The van der Waals surface area contributed by atoms with E-state index in [0.29, 0.717) is 13.0 Å². The molecule has 1 fully saturated rings. The van der Waals surface area contributed by atoms with E-state index in [4.69, 9.17) is 9.84 Å². The molecule has 0 aromatic carbocycles. The Morgan fingerprint density at radius 3 is 2.69 bits per heavy atom. The Morgan fingerprint density at radius 1 is 1.62 bits per heavy atom. The smallest absolute Gasteiger partial charge is 0.222 e. The van der Waals surface area contributed by atoms with Gasteiger partial charge in [-0.25, -0.2) is 0 Å². The predicted octanol–water partition coefficient (Wildman–Crippen LogP) is 0.0541. The van der Waals surface area contributed by atoms with E-state index in [1.54, 1.807) is 7.11 Å². The third kappa shape index (κ3) is 2.67. The molecule has 1 aliphatic carbocycles. The third-order valence-electron chi connectivity index (χ3n) is 2.55. The van der Waals surface area contributed by atoms with Crippen molar-refractivity contribution in [3.63, 3.8) is 0 Å². The first-order valence-electron chi connectivity index (χ1n) is 4.63. The van der Waals surface area contributed by atoms with Crippen LogP contribution in [0, 0.1) is 0 Å². The van der Waals surface area contributed by atoms with Gasteiger partial charge in [-0.05, 0) is 19.3 Å². The number of nitrogens with one attached hydrogen (secondary N) is 1. The Kier molecular flexibility index (Phi) is 3.69. The van der Waals surface area contributed by atoms with Crippen molar-refractivity contribution < 1.29 is 14.6 Å². The Morgan fingerprint density at radius 2 is 2.31 bits per heavy atom. The molecule has 13 heavy (non-hydrogen) atoms. The zero-order valence-electron chi connectivity index (χ0n) is 8.01. The first kappa shape index (κ1) is 10.5. The monoisotopic (exact) mass is 187 g/mol. The van der Waals surface area contributed by atoms with E-state index in [9.17, 15) is 4.79 Å². The minimum Gasteiger partial charge on any atom is -0.394 e. The second-order valence-corrected chi connectivity index (χ2v) is 3.58. The summed E-state index contributed by atoms with van der Waals surface area (Å²) in [6.45, 7) is 0.485. The van der Waals surface area contributed by atoms with Crippen LogP contribution in [0.4, 0.5) is 0 Å². The van der Waals surface area contributed by atoms with Crippen LogP contribution in [0.15, 0.2) is 0 Å². The van der Waals surface area contributed by atoms with Gasteiger partial charge >= 0.3 is 0 Å². The zero-order chi connectivity index (χ0) is 9.73. The average Bonchev–Trinajstić information content (AvgIpc) is 2.08. The number of aliphatic hydroxyl groups excluding tert-OH is 1. The number of methoxy groups -OCH3 is 1. The van der Waals surface area contributed by atoms with Crippen LogP contribution in [0.2, 0.25) is 0 Å². The van der Waals surface area contributed by atoms with E-state index in [2.05, 4.69) is 5.32 Å². The third-order valence-corrected chi connectivity index (χ3v) is 2.55. The predicted molar refractivity (Wildman–Crippen MR) is 48.3 cm³/mol. The maximum atomic E-state index is 11.3. The van der Waals surface area contributed by atoms with E-state index in [-0.39, 0.29) is 18.1 Å². The maximum absolute atomic E-state index is 11.3. The van der Waals surface area contributed by atoms with Gasteiger partial charge in [-0.1, -0.05) is 0 Å². The van der Waals surface area contributed by atoms with Gasteiger partial charge in [0.2, 0.25) is 5.91 Å². The van der Waals surface area contributed by atoms with Crippen LogP contribution >= 0.6 is 0 Å². The quantitative estimate of drug-likeness (QED) is 0.639. The van der Waals surface area contributed by atoms with Gasteiger partial charge in [-0.2, -0.15) is 0 Å². The van der Waals surface area contributed by atoms with E-state index in [1.807, 2.05) is 0 Å². The highest BCUT2D eigenvalue weighted by atomic mass is 16.5. The number of hydrogen-bond acceptors (Lipinski definition) is 3. The Balaban J connectivity index is 2.25. The van der Waals surface area contributed by atoms with Gasteiger partial charge in [0, 0.05) is 13.5 Å². The molecule has 0 atom stereocenters. The summed E-state index contributed by atoms with van der Waals surface area (Å²) in [5, 5.41) is 11.9. The van der Waals surface area contributed by atoms with Crippen molar-refractivity contribution in [2.24, 2.45) is 0 Å². The van der Waals surface area contributed by atoms with Gasteiger partial charge in [0.1, 0.15) is 0 Å². The second kappa shape index (κ2) is 4.58. The fourth-order valence-electron chi connectivity index (χ4n) is 1.48. The summed E-state index contributed by atoms with van der Waals surface area (Å²) < 4.78 is 4.79. The highest BCUT2D eigenvalue weighted by molar-refractivity contribution is 5.77. The van der Waals surface area contributed by atoms with Gasteiger partial charge in [0.05, 0.1) is 18.8 Å². The van der Waals surface area contributed by atoms with Crippen LogP contribution < -0.4 is 5.32 Å². The van der Waals surface area contributed by atoms with Crippen LogP contribution in [0.3, 0.4) is 0 Å². The molecule has 4 heteroatoms. The van der Waals surface area contributed by atoms with Crippen LogP contribution in [-0.4, -0.2) is 36.9 Å². The minimum absolute atomic E-state index is 0.0319. The number of carbonyl (C=O) groups excluding carboxylic acids is 1. The SMILES string of the molecule is COCCC(=O)NC1(CO)CCC1. The lowest BCUT2D eigenvalue weighted by Crippen LogP contribution is -2.56. The Hall–Kier alpha value is -0.610. The van der Waals surface area contributed by atoms with Gasteiger partial charge in [-0.15, -0.1) is 0 Å². The summed E-state index contributed by atoms with van der Waals surface area (Å²) >= 11 is 0. The molecule has 0 spiro atoms. The van der Waals surface area contributed by atoms with Gasteiger partial charge in [-0.3, -0.25) is 4.79 Å². The number of carbonyl (C=O) groups is 1. The standard InChI is InChI=1S/C9H17NO3/c1-13-6-3-8(12)10-9(7-11)4-2-5-9/h11H,2-7H2,1H3,(H,10,12). The molecule has 76 valence electrons. The molecule has 0 aromatic heterocycles. The molecule has 1 saturated carbocycles. The topological polar surface area (TPSA) is 58.6 Å². The molecule has 1 rings (SSSR count). The van der Waals surface area contributed by atoms with E-state index in [1.165, 1.54) is 0 Å². The lowest BCUT2D eigenvalue weighted by Gasteiger charge is -2.40. The summed E-state index contributed by atoms with van der Waals surface area (Å²) in [6.07, 6.45) is 3.24. The largest absolute Gasteiger partial charge is 0.394 e. The Bertz CT molecular complexity index is 172. The average molecular weight is 187 g/mol. The number of ether oxygens (including phenoxy) is 1.